The van der Waals surface area contributed by atoms with Crippen LogP contribution < -0.4 is 10.6 Å². The average molecular weight is 476 g/mol. The van der Waals surface area contributed by atoms with Crippen LogP contribution in [0.2, 0.25) is 0 Å². The van der Waals surface area contributed by atoms with Gasteiger partial charge in [-0.15, -0.1) is 24.0 Å². The Hall–Kier alpha value is -0.830. The van der Waals surface area contributed by atoms with E-state index in [2.05, 4.69) is 41.6 Å². The number of guanidine groups is 1. The van der Waals surface area contributed by atoms with Crippen LogP contribution in [0.5, 0.6) is 0 Å². The fraction of sp³-hybridized carbons (Fsp3) is 0.789. The molecule has 0 aromatic carbocycles. The third-order valence-corrected chi connectivity index (χ3v) is 6.01. The number of nitrogens with one attached hydrogen (secondary N) is 2. The van der Waals surface area contributed by atoms with Crippen molar-refractivity contribution in [3.63, 3.8) is 0 Å². The lowest BCUT2D eigenvalue weighted by molar-refractivity contribution is -0.168. The summed E-state index contributed by atoms with van der Waals surface area (Å²) in [6, 6.07) is 0.461. The molecule has 0 amide bonds. The lowest BCUT2D eigenvalue weighted by atomic mass is 9.51. The number of nitrogens with zero attached hydrogens (tertiary/aromatic N) is 2. The molecular formula is C19H33IN4O2. The summed E-state index contributed by atoms with van der Waals surface area (Å²) in [6.45, 7) is 7.79. The van der Waals surface area contributed by atoms with Crippen molar-refractivity contribution < 1.29 is 9.26 Å². The molecule has 2 unspecified atom stereocenters. The highest BCUT2D eigenvalue weighted by Gasteiger charge is 2.59. The van der Waals surface area contributed by atoms with E-state index in [4.69, 9.17) is 9.26 Å². The molecule has 6 nitrogen and oxygen atoms in total. The molecule has 3 rings (SSSR count). The van der Waals surface area contributed by atoms with Crippen molar-refractivity contribution in [2.75, 3.05) is 13.7 Å². The number of hydrogen-bond donors (Lipinski definition) is 2. The Morgan fingerprint density at radius 2 is 2.08 bits per heavy atom. The Balaban J connectivity index is 0.00000243. The lowest BCUT2D eigenvalue weighted by Gasteiger charge is -2.61. The predicted octanol–water partition coefficient (Wildman–Crippen LogP) is 3.43. The quantitative estimate of drug-likeness (QED) is 0.359. The number of hydrogen-bond acceptors (Lipinski definition) is 4. The molecule has 2 atom stereocenters. The number of ether oxygens (including phenoxy) is 1. The zero-order chi connectivity index (χ0) is 17.9. The van der Waals surface area contributed by atoms with Crippen molar-refractivity contribution in [1.82, 2.24) is 15.8 Å². The van der Waals surface area contributed by atoms with Gasteiger partial charge in [0.25, 0.3) is 0 Å². The molecule has 0 saturated heterocycles. The van der Waals surface area contributed by atoms with Gasteiger partial charge in [0, 0.05) is 43.6 Å². The van der Waals surface area contributed by atoms with E-state index in [1.165, 1.54) is 24.8 Å². The van der Waals surface area contributed by atoms with E-state index < -0.39 is 0 Å². The first kappa shape index (κ1) is 21.5. The summed E-state index contributed by atoms with van der Waals surface area (Å²) in [6.07, 6.45) is 7.07. The second kappa shape index (κ2) is 9.39. The van der Waals surface area contributed by atoms with Crippen LogP contribution in [-0.2, 0) is 24.1 Å². The van der Waals surface area contributed by atoms with E-state index in [-0.39, 0.29) is 24.0 Å². The van der Waals surface area contributed by atoms with Crippen molar-refractivity contribution in [1.29, 1.82) is 0 Å². The molecule has 1 heterocycles. The van der Waals surface area contributed by atoms with Gasteiger partial charge in [-0.3, -0.25) is 4.99 Å². The Morgan fingerprint density at radius 1 is 1.31 bits per heavy atom. The fourth-order valence-electron chi connectivity index (χ4n) is 4.31. The molecule has 1 aromatic rings. The Bertz CT molecular complexity index is 591. The van der Waals surface area contributed by atoms with Crippen LogP contribution >= 0.6 is 24.0 Å². The number of aromatic nitrogens is 1. The van der Waals surface area contributed by atoms with Crippen LogP contribution in [0.25, 0.3) is 0 Å². The Labute approximate surface area is 173 Å². The number of aliphatic imine (C=N–C) groups is 1. The van der Waals surface area contributed by atoms with Gasteiger partial charge in [0.2, 0.25) is 0 Å². The van der Waals surface area contributed by atoms with Crippen LogP contribution in [0, 0.1) is 5.41 Å². The predicted molar refractivity (Wildman–Crippen MR) is 114 cm³/mol. The standard InChI is InChI=1S/C19H32N4O2.HI/c1-5-14-13(15(6-2)25-23-14)12-21-18(20-4)22-16-11-17(24-7-3)19(16)9-8-10-19;/h16-17H,5-12H2,1-4H3,(H2,20,21,22);1H. The van der Waals surface area contributed by atoms with Gasteiger partial charge in [-0.25, -0.2) is 0 Å². The maximum Gasteiger partial charge on any atom is 0.191 e. The average Bonchev–Trinajstić information content (AvgIpc) is 2.97. The van der Waals surface area contributed by atoms with Gasteiger partial charge in [0.15, 0.2) is 5.96 Å². The van der Waals surface area contributed by atoms with Gasteiger partial charge in [-0.2, -0.15) is 0 Å². The monoisotopic (exact) mass is 476 g/mol. The highest BCUT2D eigenvalue weighted by molar-refractivity contribution is 14.0. The highest BCUT2D eigenvalue weighted by Crippen LogP contribution is 2.57. The molecule has 0 radical (unpaired) electrons. The van der Waals surface area contributed by atoms with Crippen LogP contribution in [-0.4, -0.2) is 36.9 Å². The summed E-state index contributed by atoms with van der Waals surface area (Å²) in [5, 5.41) is 11.3. The van der Waals surface area contributed by atoms with Crippen LogP contribution in [0.1, 0.15) is 63.5 Å². The van der Waals surface area contributed by atoms with Crippen LogP contribution in [0.3, 0.4) is 0 Å². The first-order valence-corrected chi connectivity index (χ1v) is 9.73. The minimum Gasteiger partial charge on any atom is -0.378 e. The van der Waals surface area contributed by atoms with E-state index in [1.807, 2.05) is 7.05 Å². The molecule has 2 saturated carbocycles. The molecule has 2 N–H and O–H groups in total. The topological polar surface area (TPSA) is 71.7 Å². The van der Waals surface area contributed by atoms with Crippen molar-refractivity contribution in [2.45, 2.75) is 78.0 Å². The van der Waals surface area contributed by atoms with Crippen LogP contribution in [0.4, 0.5) is 0 Å². The molecule has 26 heavy (non-hydrogen) atoms. The van der Waals surface area contributed by atoms with Crippen molar-refractivity contribution in [3.8, 4) is 0 Å². The summed E-state index contributed by atoms with van der Waals surface area (Å²) in [5.74, 6) is 1.83. The van der Waals surface area contributed by atoms with Crippen molar-refractivity contribution >= 4 is 29.9 Å². The minimum absolute atomic E-state index is 0. The summed E-state index contributed by atoms with van der Waals surface area (Å²) in [4.78, 5) is 4.42. The third kappa shape index (κ3) is 3.88. The van der Waals surface area contributed by atoms with E-state index >= 15 is 0 Å². The molecule has 2 aliphatic carbocycles. The normalized spacial score (nSPS) is 23.8. The van der Waals surface area contributed by atoms with Gasteiger partial charge in [-0.05, 0) is 32.6 Å². The molecule has 0 aliphatic heterocycles. The maximum absolute atomic E-state index is 5.94. The van der Waals surface area contributed by atoms with Gasteiger partial charge < -0.3 is 19.9 Å². The molecule has 148 valence electrons. The molecule has 7 heteroatoms. The lowest BCUT2D eigenvalue weighted by Crippen LogP contribution is -2.68. The van der Waals surface area contributed by atoms with E-state index in [9.17, 15) is 0 Å². The zero-order valence-corrected chi connectivity index (χ0v) is 18.8. The second-order valence-corrected chi connectivity index (χ2v) is 7.13. The van der Waals surface area contributed by atoms with E-state index in [0.717, 1.165) is 43.3 Å². The number of halogens is 1. The smallest absolute Gasteiger partial charge is 0.191 e. The van der Waals surface area contributed by atoms with Crippen molar-refractivity contribution in [3.05, 3.63) is 17.0 Å². The molecule has 2 aliphatic rings. The molecule has 1 aromatic heterocycles. The summed E-state index contributed by atoms with van der Waals surface area (Å²) in [5.41, 5.74) is 2.54. The summed E-state index contributed by atoms with van der Waals surface area (Å²) in [7, 11) is 1.83. The first-order chi connectivity index (χ1) is 12.2. The van der Waals surface area contributed by atoms with Crippen LogP contribution in [0.15, 0.2) is 9.52 Å². The Morgan fingerprint density at radius 3 is 2.62 bits per heavy atom. The number of aryl methyl sites for hydroxylation is 2. The highest BCUT2D eigenvalue weighted by atomic mass is 127. The van der Waals surface area contributed by atoms with E-state index in [1.54, 1.807) is 0 Å². The second-order valence-electron chi connectivity index (χ2n) is 7.13. The molecular weight excluding hydrogens is 443 g/mol. The summed E-state index contributed by atoms with van der Waals surface area (Å²) < 4.78 is 11.4. The largest absolute Gasteiger partial charge is 0.378 e. The first-order valence-electron chi connectivity index (χ1n) is 9.73. The van der Waals surface area contributed by atoms with Crippen molar-refractivity contribution in [2.24, 2.45) is 10.4 Å². The minimum atomic E-state index is 0. The SMILES string of the molecule is CCOC1CC(NC(=NC)NCc2c(CC)noc2CC)C12CCC2.I. The fourth-order valence-corrected chi connectivity index (χ4v) is 4.31. The molecule has 1 spiro atoms. The third-order valence-electron chi connectivity index (χ3n) is 6.01. The molecule has 2 fully saturated rings. The Kier molecular flexibility index (Phi) is 7.76. The van der Waals surface area contributed by atoms with Gasteiger partial charge in [0.05, 0.1) is 11.8 Å². The van der Waals surface area contributed by atoms with E-state index in [0.29, 0.717) is 24.1 Å². The zero-order valence-electron chi connectivity index (χ0n) is 16.4. The van der Waals surface area contributed by atoms with Gasteiger partial charge >= 0.3 is 0 Å². The summed E-state index contributed by atoms with van der Waals surface area (Å²) >= 11 is 0. The number of rotatable bonds is 7. The molecule has 0 bridgehead atoms. The maximum atomic E-state index is 5.94. The van der Waals surface area contributed by atoms with Gasteiger partial charge in [-0.1, -0.05) is 25.4 Å². The van der Waals surface area contributed by atoms with Gasteiger partial charge in [0.1, 0.15) is 5.76 Å².